The van der Waals surface area contributed by atoms with Gasteiger partial charge in [-0.3, -0.25) is 4.79 Å². The van der Waals surface area contributed by atoms with Crippen molar-refractivity contribution in [3.8, 4) is 0 Å². The van der Waals surface area contributed by atoms with Crippen molar-refractivity contribution in [2.75, 3.05) is 11.1 Å². The maximum absolute atomic E-state index is 12.9. The van der Waals surface area contributed by atoms with Crippen LogP contribution in [0.5, 0.6) is 0 Å². The Kier molecular flexibility index (Phi) is 5.08. The van der Waals surface area contributed by atoms with Gasteiger partial charge < -0.3 is 15.5 Å². The molecule has 0 saturated heterocycles. The summed E-state index contributed by atoms with van der Waals surface area (Å²) in [5, 5.41) is 10.5. The van der Waals surface area contributed by atoms with E-state index in [0.29, 0.717) is 22.6 Å². The number of nitrogens with zero attached hydrogens (tertiary/aromatic N) is 2. The Balaban J connectivity index is 1.75. The minimum Gasteiger partial charge on any atom is -0.415 e. The third kappa shape index (κ3) is 4.32. The lowest BCUT2D eigenvalue weighted by molar-refractivity contribution is -0.115. The van der Waals surface area contributed by atoms with Crippen LogP contribution in [0.15, 0.2) is 33.9 Å². The highest BCUT2D eigenvalue weighted by atomic mass is 32.2. The quantitative estimate of drug-likeness (QED) is 0.789. The summed E-state index contributed by atoms with van der Waals surface area (Å²) in [6.07, 6.45) is 0.252. The predicted octanol–water partition coefficient (Wildman–Crippen LogP) is 1.79. The Morgan fingerprint density at radius 2 is 2.30 bits per heavy atom. The lowest BCUT2D eigenvalue weighted by Crippen LogP contribution is -2.12. The SMILES string of the molecule is NCc1nnc(SCCC(=O)Nc2cccc(F)c2)o1. The van der Waals surface area contributed by atoms with Gasteiger partial charge in [0.15, 0.2) is 0 Å². The molecular weight excluding hydrogens is 283 g/mol. The summed E-state index contributed by atoms with van der Waals surface area (Å²) >= 11 is 1.27. The molecular formula is C12H13FN4O2S. The van der Waals surface area contributed by atoms with Crippen LogP contribution in [0.3, 0.4) is 0 Å². The average molecular weight is 296 g/mol. The second kappa shape index (κ2) is 7.01. The van der Waals surface area contributed by atoms with Crippen LogP contribution in [0, 0.1) is 5.82 Å². The van der Waals surface area contributed by atoms with Gasteiger partial charge in [0.2, 0.25) is 11.8 Å². The number of hydrogen-bond acceptors (Lipinski definition) is 6. The van der Waals surface area contributed by atoms with Gasteiger partial charge in [-0.1, -0.05) is 17.8 Å². The maximum Gasteiger partial charge on any atom is 0.276 e. The van der Waals surface area contributed by atoms with Crippen LogP contribution in [-0.4, -0.2) is 21.9 Å². The van der Waals surface area contributed by atoms with Crippen LogP contribution in [0.25, 0.3) is 0 Å². The normalized spacial score (nSPS) is 10.5. The zero-order chi connectivity index (χ0) is 14.4. The molecule has 2 rings (SSSR count). The van der Waals surface area contributed by atoms with E-state index in [2.05, 4.69) is 15.5 Å². The largest absolute Gasteiger partial charge is 0.415 e. The maximum atomic E-state index is 12.9. The summed E-state index contributed by atoms with van der Waals surface area (Å²) in [4.78, 5) is 11.6. The van der Waals surface area contributed by atoms with Gasteiger partial charge in [0, 0.05) is 17.9 Å². The number of rotatable bonds is 6. The van der Waals surface area contributed by atoms with Crippen molar-refractivity contribution in [2.45, 2.75) is 18.2 Å². The fraction of sp³-hybridized carbons (Fsp3) is 0.250. The molecule has 106 valence electrons. The Hall–Kier alpha value is -1.93. The molecule has 0 aliphatic carbocycles. The van der Waals surface area contributed by atoms with E-state index in [1.165, 1.54) is 30.0 Å². The molecule has 8 heteroatoms. The molecule has 20 heavy (non-hydrogen) atoms. The fourth-order valence-corrected chi connectivity index (χ4v) is 2.12. The van der Waals surface area contributed by atoms with Crippen molar-refractivity contribution < 1.29 is 13.6 Å². The molecule has 0 saturated carbocycles. The van der Waals surface area contributed by atoms with Gasteiger partial charge in [-0.05, 0) is 18.2 Å². The van der Waals surface area contributed by atoms with Gasteiger partial charge in [-0.15, -0.1) is 10.2 Å². The van der Waals surface area contributed by atoms with Crippen molar-refractivity contribution in [2.24, 2.45) is 5.73 Å². The molecule has 0 spiro atoms. The number of benzene rings is 1. The number of thioether (sulfide) groups is 1. The summed E-state index contributed by atoms with van der Waals surface area (Å²) in [6, 6.07) is 5.73. The van der Waals surface area contributed by atoms with E-state index in [1.807, 2.05) is 0 Å². The number of halogens is 1. The van der Waals surface area contributed by atoms with Gasteiger partial charge in [0.1, 0.15) is 5.82 Å². The third-order valence-corrected chi connectivity index (χ3v) is 3.11. The molecule has 0 bridgehead atoms. The van der Waals surface area contributed by atoms with Crippen LogP contribution < -0.4 is 11.1 Å². The standard InChI is InChI=1S/C12H13FN4O2S/c13-8-2-1-3-9(6-8)15-10(18)4-5-20-12-17-16-11(7-14)19-12/h1-3,6H,4-5,7,14H2,(H,15,18). The molecule has 2 aromatic rings. The molecule has 1 aromatic heterocycles. The first-order chi connectivity index (χ1) is 9.67. The Labute approximate surface area is 118 Å². The van der Waals surface area contributed by atoms with Crippen molar-refractivity contribution in [1.82, 2.24) is 10.2 Å². The first-order valence-electron chi connectivity index (χ1n) is 5.88. The average Bonchev–Trinajstić information content (AvgIpc) is 2.86. The minimum atomic E-state index is -0.391. The molecule has 1 amide bonds. The van der Waals surface area contributed by atoms with Crippen LogP contribution in [0.4, 0.5) is 10.1 Å². The smallest absolute Gasteiger partial charge is 0.276 e. The van der Waals surface area contributed by atoms with Crippen LogP contribution >= 0.6 is 11.8 Å². The number of carbonyl (C=O) groups excluding carboxylic acids is 1. The lowest BCUT2D eigenvalue weighted by atomic mass is 10.3. The zero-order valence-corrected chi connectivity index (χ0v) is 11.3. The first kappa shape index (κ1) is 14.5. The van der Waals surface area contributed by atoms with Crippen LogP contribution in [0.1, 0.15) is 12.3 Å². The van der Waals surface area contributed by atoms with E-state index >= 15 is 0 Å². The van der Waals surface area contributed by atoms with Gasteiger partial charge >= 0.3 is 0 Å². The van der Waals surface area contributed by atoms with Crippen molar-refractivity contribution >= 4 is 23.4 Å². The highest BCUT2D eigenvalue weighted by Crippen LogP contribution is 2.17. The predicted molar refractivity (Wildman–Crippen MR) is 72.6 cm³/mol. The van der Waals surface area contributed by atoms with E-state index in [4.69, 9.17) is 10.2 Å². The number of nitrogens with two attached hydrogens (primary N) is 1. The van der Waals surface area contributed by atoms with Crippen molar-refractivity contribution in [3.05, 3.63) is 36.0 Å². The number of amides is 1. The fourth-order valence-electron chi connectivity index (χ4n) is 1.40. The summed E-state index contributed by atoms with van der Waals surface area (Å²) in [7, 11) is 0. The highest BCUT2D eigenvalue weighted by molar-refractivity contribution is 7.99. The first-order valence-corrected chi connectivity index (χ1v) is 6.86. The summed E-state index contributed by atoms with van der Waals surface area (Å²) in [5.74, 6) is 0.239. The Morgan fingerprint density at radius 1 is 1.45 bits per heavy atom. The van der Waals surface area contributed by atoms with Gasteiger partial charge in [-0.25, -0.2) is 4.39 Å². The van der Waals surface area contributed by atoms with E-state index in [-0.39, 0.29) is 18.9 Å². The van der Waals surface area contributed by atoms with Crippen molar-refractivity contribution in [1.29, 1.82) is 0 Å². The monoisotopic (exact) mass is 296 g/mol. The van der Waals surface area contributed by atoms with Gasteiger partial charge in [-0.2, -0.15) is 0 Å². The van der Waals surface area contributed by atoms with Crippen LogP contribution in [0.2, 0.25) is 0 Å². The molecule has 6 nitrogen and oxygen atoms in total. The minimum absolute atomic E-state index is 0.188. The van der Waals surface area contributed by atoms with E-state index in [0.717, 1.165) is 0 Å². The number of carbonyl (C=O) groups is 1. The zero-order valence-electron chi connectivity index (χ0n) is 10.5. The molecule has 0 fully saturated rings. The summed E-state index contributed by atoms with van der Waals surface area (Å²) < 4.78 is 18.1. The molecule has 3 N–H and O–H groups in total. The second-order valence-electron chi connectivity index (χ2n) is 3.82. The lowest BCUT2D eigenvalue weighted by Gasteiger charge is -2.04. The highest BCUT2D eigenvalue weighted by Gasteiger charge is 2.07. The van der Waals surface area contributed by atoms with E-state index < -0.39 is 5.82 Å². The summed E-state index contributed by atoms with van der Waals surface area (Å²) in [6.45, 7) is 0.188. The molecule has 0 radical (unpaired) electrons. The summed E-state index contributed by atoms with van der Waals surface area (Å²) in [5.41, 5.74) is 5.77. The number of nitrogens with one attached hydrogen (secondary N) is 1. The number of hydrogen-bond donors (Lipinski definition) is 2. The van der Waals surface area contributed by atoms with Gasteiger partial charge in [0.05, 0.1) is 6.54 Å². The van der Waals surface area contributed by atoms with Crippen LogP contribution in [-0.2, 0) is 11.3 Å². The molecule has 1 aromatic carbocycles. The van der Waals surface area contributed by atoms with Gasteiger partial charge in [0.25, 0.3) is 5.22 Å². The topological polar surface area (TPSA) is 94.0 Å². The van der Waals surface area contributed by atoms with Crippen molar-refractivity contribution in [3.63, 3.8) is 0 Å². The Bertz CT molecular complexity index is 590. The van der Waals surface area contributed by atoms with E-state index in [9.17, 15) is 9.18 Å². The molecule has 1 heterocycles. The Morgan fingerprint density at radius 3 is 3.00 bits per heavy atom. The third-order valence-electron chi connectivity index (χ3n) is 2.29. The van der Waals surface area contributed by atoms with E-state index in [1.54, 1.807) is 6.07 Å². The molecule has 0 atom stereocenters. The molecule has 0 unspecified atom stereocenters. The molecule has 0 aliphatic rings. The second-order valence-corrected chi connectivity index (χ2v) is 4.87. The number of aromatic nitrogens is 2. The molecule has 0 aliphatic heterocycles. The number of anilines is 1.